The fourth-order valence-corrected chi connectivity index (χ4v) is 25.0. The van der Waals surface area contributed by atoms with Crippen molar-refractivity contribution >= 4 is 116 Å². The Hall–Kier alpha value is -19.3. The maximum atomic E-state index is 6.70. The molecule has 3 aliphatic rings. The first kappa shape index (κ1) is 88.7. The Morgan fingerprint density at radius 2 is 0.423 bits per heavy atom. The van der Waals surface area contributed by atoms with Gasteiger partial charge in [0.25, 0.3) is 0 Å². The van der Waals surface area contributed by atoms with Crippen molar-refractivity contribution in [3.63, 3.8) is 0 Å². The Balaban J connectivity index is 0.000000110. The van der Waals surface area contributed by atoms with Gasteiger partial charge in [0.15, 0.2) is 5.58 Å². The number of anilines is 9. The van der Waals surface area contributed by atoms with Gasteiger partial charge in [0.05, 0.1) is 44.7 Å². The van der Waals surface area contributed by atoms with Crippen LogP contribution in [0.15, 0.2) is 605 Å². The van der Waals surface area contributed by atoms with Gasteiger partial charge in [-0.25, -0.2) is 0 Å². The molecule has 0 saturated heterocycles. The fourth-order valence-electron chi connectivity index (χ4n) is 25.0. The van der Waals surface area contributed by atoms with E-state index in [1.165, 1.54) is 165 Å². The third kappa shape index (κ3) is 14.6. The van der Waals surface area contributed by atoms with E-state index in [0.717, 1.165) is 73.1 Å². The molecule has 149 heavy (non-hydrogen) atoms. The van der Waals surface area contributed by atoms with Crippen LogP contribution >= 0.6 is 0 Å². The molecule has 0 N–H and O–H groups in total. The van der Waals surface area contributed by atoms with Gasteiger partial charge in [0.2, 0.25) is 0 Å². The predicted molar refractivity (Wildman–Crippen MR) is 623 cm³/mol. The second-order valence-electron chi connectivity index (χ2n) is 38.9. The molecule has 3 aliphatic carbocycles. The molecule has 4 heteroatoms. The van der Waals surface area contributed by atoms with Crippen LogP contribution in [0.3, 0.4) is 0 Å². The van der Waals surface area contributed by atoms with Crippen LogP contribution in [0, 0.1) is 0 Å². The van der Waals surface area contributed by atoms with Crippen molar-refractivity contribution in [1.29, 1.82) is 0 Å². The standard InChI is InChI=1S/C51H35N.C47H31NO.C47H33N/c1-4-15-36(16-5-1)38-27-31-43(32-28-38)52(44-33-29-37-17-10-11-19-40(37)35-44)48-26-14-25-46-50(48)49-45-24-13-12-18-39(45)30-34-47(49)51(46,41-20-6-2-7-21-41)42-22-8-3-9-23-42;1-4-17-33(18-5-1)47(34-19-6-2-7-20-34)39-26-15-27-41(45(39)44-36-23-11-10-16-32(36)30-31-40(44)47)48(35-21-8-3-9-22-35)42-28-14-25-38-37-24-12-13-29-43(37)49-46(38)42;1-5-18-34(19-6-1)39-27-15-16-30-43(39)48(38-25-11-4-12-26-38)44-31-17-29-41-46(44)45-40-28-14-13-20-35(40)32-33-42(45)47(41,36-21-7-2-8-22-36)37-23-9-3-10-24-37/h1-35H;1-31H;1-33H. The summed E-state index contributed by atoms with van der Waals surface area (Å²) in [4.78, 5) is 7.34. The van der Waals surface area contributed by atoms with Crippen LogP contribution in [-0.4, -0.2) is 0 Å². The summed E-state index contributed by atoms with van der Waals surface area (Å²) in [7, 11) is 0. The molecule has 0 spiro atoms. The average Bonchev–Trinajstić information content (AvgIpc) is 1.53. The van der Waals surface area contributed by atoms with E-state index < -0.39 is 16.2 Å². The molecule has 1 aromatic heterocycles. The quantitative estimate of drug-likeness (QED) is 0.0906. The molecule has 700 valence electrons. The summed E-state index contributed by atoms with van der Waals surface area (Å²) < 4.78 is 6.70. The van der Waals surface area contributed by atoms with Crippen molar-refractivity contribution < 1.29 is 4.42 Å². The number of rotatable bonds is 17. The summed E-state index contributed by atoms with van der Waals surface area (Å²) in [5.41, 5.74) is 38.0. The number of fused-ring (bicyclic) bond motifs is 19. The van der Waals surface area contributed by atoms with Gasteiger partial charge in [-0.1, -0.05) is 516 Å². The lowest BCUT2D eigenvalue weighted by molar-refractivity contribution is 0.669. The molecule has 1 heterocycles. The van der Waals surface area contributed by atoms with Crippen molar-refractivity contribution in [2.24, 2.45) is 0 Å². The number of nitrogens with zero attached hydrogens (tertiary/aromatic N) is 3. The summed E-state index contributed by atoms with van der Waals surface area (Å²) in [6.07, 6.45) is 0. The topological polar surface area (TPSA) is 22.9 Å². The van der Waals surface area contributed by atoms with Gasteiger partial charge in [0, 0.05) is 55.8 Å². The van der Waals surface area contributed by atoms with Crippen LogP contribution in [-0.2, 0) is 16.2 Å². The summed E-state index contributed by atoms with van der Waals surface area (Å²) in [5, 5.41) is 12.2. The molecule has 0 unspecified atom stereocenters. The van der Waals surface area contributed by atoms with E-state index in [1.807, 2.05) is 6.07 Å². The van der Waals surface area contributed by atoms with E-state index in [2.05, 4.69) is 609 Å². The first-order valence-electron chi connectivity index (χ1n) is 51.5. The second kappa shape index (κ2) is 37.5. The minimum absolute atomic E-state index is 0.505. The third-order valence-corrected chi connectivity index (χ3v) is 31.2. The molecule has 0 bridgehead atoms. The zero-order valence-corrected chi connectivity index (χ0v) is 81.9. The van der Waals surface area contributed by atoms with Crippen LogP contribution < -0.4 is 14.7 Å². The van der Waals surface area contributed by atoms with E-state index in [-0.39, 0.29) is 0 Å². The van der Waals surface area contributed by atoms with Crippen molar-refractivity contribution in [3.05, 3.63) is 667 Å². The maximum absolute atomic E-state index is 6.70. The molecular formula is C145H99N3O. The molecule has 25 aromatic carbocycles. The summed E-state index contributed by atoms with van der Waals surface area (Å²) in [5.74, 6) is 0. The van der Waals surface area contributed by atoms with E-state index in [4.69, 9.17) is 4.42 Å². The van der Waals surface area contributed by atoms with Gasteiger partial charge >= 0.3 is 0 Å². The number of para-hydroxylation sites is 5. The second-order valence-corrected chi connectivity index (χ2v) is 38.9. The first-order chi connectivity index (χ1) is 74.0. The summed E-state index contributed by atoms with van der Waals surface area (Å²) >= 11 is 0. The molecule has 4 nitrogen and oxygen atoms in total. The van der Waals surface area contributed by atoms with Gasteiger partial charge < -0.3 is 19.1 Å². The highest BCUT2D eigenvalue weighted by Gasteiger charge is 2.52. The monoisotopic (exact) mass is 1900 g/mol. The van der Waals surface area contributed by atoms with Gasteiger partial charge in [-0.2, -0.15) is 0 Å². The Morgan fingerprint density at radius 3 is 0.846 bits per heavy atom. The zero-order chi connectivity index (χ0) is 98.8. The van der Waals surface area contributed by atoms with Crippen molar-refractivity contribution in [3.8, 4) is 55.6 Å². The van der Waals surface area contributed by atoms with Crippen LogP contribution in [0.5, 0.6) is 0 Å². The van der Waals surface area contributed by atoms with Crippen LogP contribution in [0.25, 0.3) is 121 Å². The van der Waals surface area contributed by atoms with E-state index in [0.29, 0.717) is 0 Å². The maximum Gasteiger partial charge on any atom is 0.159 e. The first-order valence-corrected chi connectivity index (χ1v) is 51.5. The van der Waals surface area contributed by atoms with Crippen molar-refractivity contribution in [2.75, 3.05) is 14.7 Å². The number of benzene rings is 25. The molecule has 0 fully saturated rings. The molecule has 0 radical (unpaired) electrons. The van der Waals surface area contributed by atoms with E-state index >= 15 is 0 Å². The number of furan rings is 1. The molecule has 29 rings (SSSR count). The summed E-state index contributed by atoms with van der Waals surface area (Å²) in [6, 6.07) is 219. The third-order valence-electron chi connectivity index (χ3n) is 31.2. The highest BCUT2D eigenvalue weighted by molar-refractivity contribution is 6.16. The van der Waals surface area contributed by atoms with E-state index in [9.17, 15) is 0 Å². The fraction of sp³-hybridized carbons (Fsp3) is 0.0207. The van der Waals surface area contributed by atoms with Crippen LogP contribution in [0.2, 0.25) is 0 Å². The SMILES string of the molecule is c1ccc(-c2ccc(N(c3ccc4ccccc4c3)c3cccc4c3-c3c(ccc5ccccc35)C4(c3ccccc3)c3ccccc3)cc2)cc1.c1ccc(-c2ccccc2N(c2ccccc2)c2cccc3c2-c2c(ccc4ccccc24)C3(c2ccccc2)c2ccccc2)cc1.c1ccc(N(c2cccc3c2-c2c(ccc4ccccc24)C3(c2ccccc2)c2ccccc2)c2cccc3c2oc2ccccc23)cc1. The molecule has 0 aliphatic heterocycles. The number of hydrogen-bond acceptors (Lipinski definition) is 4. The minimum atomic E-state index is -0.527. The Labute approximate surface area is 868 Å². The van der Waals surface area contributed by atoms with Crippen molar-refractivity contribution in [2.45, 2.75) is 16.2 Å². The molecule has 0 atom stereocenters. The normalized spacial score (nSPS) is 12.9. The number of hydrogen-bond donors (Lipinski definition) is 0. The highest BCUT2D eigenvalue weighted by Crippen LogP contribution is 2.66. The lowest BCUT2D eigenvalue weighted by atomic mass is 9.67. The van der Waals surface area contributed by atoms with Crippen LogP contribution in [0.1, 0.15) is 66.8 Å². The van der Waals surface area contributed by atoms with Gasteiger partial charge in [-0.3, -0.25) is 0 Å². The zero-order valence-electron chi connectivity index (χ0n) is 81.9. The van der Waals surface area contributed by atoms with Gasteiger partial charge in [0.1, 0.15) is 5.58 Å². The Kier molecular flexibility index (Phi) is 22.3. The highest BCUT2D eigenvalue weighted by atomic mass is 16.3. The molecule has 0 saturated carbocycles. The predicted octanol–water partition coefficient (Wildman–Crippen LogP) is 38.4. The Morgan fingerprint density at radius 1 is 0.148 bits per heavy atom. The largest absolute Gasteiger partial charge is 0.454 e. The Bertz CT molecular complexity index is 9380. The summed E-state index contributed by atoms with van der Waals surface area (Å²) in [6.45, 7) is 0. The lowest BCUT2D eigenvalue weighted by Crippen LogP contribution is -2.28. The average molecular weight is 1900 g/mol. The molecule has 26 aromatic rings. The minimum Gasteiger partial charge on any atom is -0.454 e. The molecule has 0 amide bonds. The van der Waals surface area contributed by atoms with E-state index in [1.54, 1.807) is 0 Å². The van der Waals surface area contributed by atoms with Crippen molar-refractivity contribution in [1.82, 2.24) is 0 Å². The lowest BCUT2D eigenvalue weighted by Gasteiger charge is -2.34. The van der Waals surface area contributed by atoms with Gasteiger partial charge in [-0.15, -0.1) is 0 Å². The smallest absolute Gasteiger partial charge is 0.159 e. The molecular weight excluding hydrogens is 1800 g/mol. The van der Waals surface area contributed by atoms with Gasteiger partial charge in [-0.05, 0) is 228 Å². The van der Waals surface area contributed by atoms with Crippen LogP contribution in [0.4, 0.5) is 51.2 Å².